The van der Waals surface area contributed by atoms with Gasteiger partial charge in [0.1, 0.15) is 5.75 Å². The van der Waals surface area contributed by atoms with Gasteiger partial charge in [-0.1, -0.05) is 34.5 Å². The number of hydrogen-bond acceptors (Lipinski definition) is 1. The summed E-state index contributed by atoms with van der Waals surface area (Å²) in [6, 6.07) is 6.79. The minimum Gasteiger partial charge on any atom is -0.493 e. The van der Waals surface area contributed by atoms with Crippen LogP contribution in [0.25, 0.3) is 0 Å². The molecule has 1 aliphatic heterocycles. The molecule has 0 N–H and O–H groups in total. The van der Waals surface area contributed by atoms with Crippen molar-refractivity contribution < 1.29 is 4.74 Å². The van der Waals surface area contributed by atoms with Crippen LogP contribution in [-0.4, -0.2) is 6.61 Å². The first-order chi connectivity index (χ1) is 8.81. The van der Waals surface area contributed by atoms with Gasteiger partial charge in [0.15, 0.2) is 0 Å². The Morgan fingerprint density at radius 3 is 2.94 bits per heavy atom. The van der Waals surface area contributed by atoms with Gasteiger partial charge >= 0.3 is 0 Å². The van der Waals surface area contributed by atoms with Crippen LogP contribution >= 0.6 is 15.9 Å². The van der Waals surface area contributed by atoms with E-state index in [-0.39, 0.29) is 0 Å². The number of alkyl halides is 1. The summed E-state index contributed by atoms with van der Waals surface area (Å²) in [4.78, 5) is 0.554. The highest BCUT2D eigenvalue weighted by molar-refractivity contribution is 9.09. The number of fused-ring (bicyclic) bond motifs is 3. The molecule has 18 heavy (non-hydrogen) atoms. The molecular weight excluding hydrogens is 288 g/mol. The SMILES string of the molecule is BrC(c1ccc2c(c1)CCO2)C1CC2CCC1C2. The Morgan fingerprint density at radius 1 is 1.22 bits per heavy atom. The van der Waals surface area contributed by atoms with Crippen molar-refractivity contribution in [3.8, 4) is 5.75 Å². The van der Waals surface area contributed by atoms with E-state index in [0.717, 1.165) is 36.5 Å². The van der Waals surface area contributed by atoms with Gasteiger partial charge in [0.2, 0.25) is 0 Å². The molecule has 0 aromatic heterocycles. The summed E-state index contributed by atoms with van der Waals surface area (Å²) in [6.07, 6.45) is 6.96. The van der Waals surface area contributed by atoms with E-state index in [0.29, 0.717) is 4.83 Å². The third-order valence-electron chi connectivity index (χ3n) is 5.20. The van der Waals surface area contributed by atoms with E-state index in [9.17, 15) is 0 Å². The molecule has 1 aromatic rings. The van der Waals surface area contributed by atoms with Crippen LogP contribution in [0, 0.1) is 17.8 Å². The van der Waals surface area contributed by atoms with E-state index >= 15 is 0 Å². The molecule has 1 nitrogen and oxygen atoms in total. The second kappa shape index (κ2) is 4.26. The van der Waals surface area contributed by atoms with Gasteiger partial charge in [0, 0.05) is 11.2 Å². The van der Waals surface area contributed by atoms with Gasteiger partial charge in [-0.25, -0.2) is 0 Å². The first kappa shape index (κ1) is 11.3. The lowest BCUT2D eigenvalue weighted by Gasteiger charge is -2.27. The quantitative estimate of drug-likeness (QED) is 0.731. The molecule has 1 aromatic carbocycles. The molecule has 0 spiro atoms. The summed E-state index contributed by atoms with van der Waals surface area (Å²) in [5, 5.41) is 0. The molecule has 4 rings (SSSR count). The molecule has 3 aliphatic rings. The number of halogens is 1. The van der Waals surface area contributed by atoms with Gasteiger partial charge in [-0.05, 0) is 54.2 Å². The maximum absolute atomic E-state index is 5.59. The fraction of sp³-hybridized carbons (Fsp3) is 0.625. The second-order valence-corrected chi connectivity index (χ2v) is 7.19. The van der Waals surface area contributed by atoms with E-state index in [2.05, 4.69) is 34.1 Å². The predicted molar refractivity (Wildman–Crippen MR) is 76.2 cm³/mol. The normalized spacial score (nSPS) is 34.4. The van der Waals surface area contributed by atoms with Crippen LogP contribution < -0.4 is 4.74 Å². The zero-order valence-electron chi connectivity index (χ0n) is 10.6. The van der Waals surface area contributed by atoms with Gasteiger partial charge in [-0.2, -0.15) is 0 Å². The maximum atomic E-state index is 5.59. The zero-order valence-corrected chi connectivity index (χ0v) is 12.2. The fourth-order valence-electron chi connectivity index (χ4n) is 4.28. The Kier molecular flexibility index (Phi) is 2.68. The highest BCUT2D eigenvalue weighted by atomic mass is 79.9. The highest BCUT2D eigenvalue weighted by Gasteiger charge is 2.42. The molecule has 96 valence electrons. The van der Waals surface area contributed by atoms with E-state index < -0.39 is 0 Å². The topological polar surface area (TPSA) is 9.23 Å². The van der Waals surface area contributed by atoms with Crippen LogP contribution in [0.1, 0.15) is 41.6 Å². The van der Waals surface area contributed by atoms with Gasteiger partial charge < -0.3 is 4.74 Å². The summed E-state index contributed by atoms with van der Waals surface area (Å²) in [7, 11) is 0. The minimum atomic E-state index is 0.554. The molecule has 2 heteroatoms. The van der Waals surface area contributed by atoms with Crippen molar-refractivity contribution in [2.75, 3.05) is 6.61 Å². The van der Waals surface area contributed by atoms with Crippen molar-refractivity contribution in [1.82, 2.24) is 0 Å². The maximum Gasteiger partial charge on any atom is 0.122 e. The molecule has 0 radical (unpaired) electrons. The molecular formula is C16H19BrO. The van der Waals surface area contributed by atoms with Crippen LogP contribution in [0.2, 0.25) is 0 Å². The number of benzene rings is 1. The van der Waals surface area contributed by atoms with Crippen LogP contribution in [0.3, 0.4) is 0 Å². The summed E-state index contributed by atoms with van der Waals surface area (Å²) in [6.45, 7) is 0.861. The van der Waals surface area contributed by atoms with Crippen molar-refractivity contribution in [2.24, 2.45) is 17.8 Å². The van der Waals surface area contributed by atoms with Crippen LogP contribution in [-0.2, 0) is 6.42 Å². The predicted octanol–water partition coefficient (Wildman–Crippen LogP) is 4.49. The summed E-state index contributed by atoms with van der Waals surface area (Å²) in [5.74, 6) is 3.97. The van der Waals surface area contributed by atoms with Crippen LogP contribution in [0.5, 0.6) is 5.75 Å². The van der Waals surface area contributed by atoms with Crippen molar-refractivity contribution in [2.45, 2.75) is 36.9 Å². The van der Waals surface area contributed by atoms with Gasteiger partial charge in [-0.15, -0.1) is 0 Å². The summed E-state index contributed by atoms with van der Waals surface area (Å²) < 4.78 is 5.59. The average Bonchev–Trinajstić information content (AvgIpc) is 3.12. The van der Waals surface area contributed by atoms with E-state index in [1.807, 2.05) is 0 Å². The Bertz CT molecular complexity index is 470. The molecule has 0 saturated heterocycles. The lowest BCUT2D eigenvalue weighted by Crippen LogP contribution is -2.15. The first-order valence-corrected chi connectivity index (χ1v) is 8.12. The Labute approximate surface area is 117 Å². The molecule has 2 fully saturated rings. The van der Waals surface area contributed by atoms with Crippen molar-refractivity contribution in [3.63, 3.8) is 0 Å². The van der Waals surface area contributed by atoms with Crippen molar-refractivity contribution in [1.29, 1.82) is 0 Å². The highest BCUT2D eigenvalue weighted by Crippen LogP contribution is 2.55. The summed E-state index contributed by atoms with van der Waals surface area (Å²) in [5.41, 5.74) is 2.87. The molecule has 4 unspecified atom stereocenters. The van der Waals surface area contributed by atoms with Crippen molar-refractivity contribution >= 4 is 15.9 Å². The van der Waals surface area contributed by atoms with E-state index in [4.69, 9.17) is 4.74 Å². The van der Waals surface area contributed by atoms with Gasteiger partial charge in [-0.3, -0.25) is 0 Å². The number of ether oxygens (including phenoxy) is 1. The monoisotopic (exact) mass is 306 g/mol. The van der Waals surface area contributed by atoms with Gasteiger partial charge in [0.05, 0.1) is 6.61 Å². The lowest BCUT2D eigenvalue weighted by atomic mass is 9.84. The molecule has 2 saturated carbocycles. The first-order valence-electron chi connectivity index (χ1n) is 7.21. The smallest absolute Gasteiger partial charge is 0.122 e. The second-order valence-electron chi connectivity index (χ2n) is 6.21. The average molecular weight is 307 g/mol. The summed E-state index contributed by atoms with van der Waals surface area (Å²) >= 11 is 3.98. The third kappa shape index (κ3) is 1.72. The lowest BCUT2D eigenvalue weighted by molar-refractivity contribution is 0.329. The standard InChI is InChI=1S/C16H19BrO/c17-16(14-8-10-1-2-11(14)7-10)13-3-4-15-12(9-13)5-6-18-15/h3-4,9-11,14,16H,1-2,5-8H2. The zero-order chi connectivity index (χ0) is 12.1. The minimum absolute atomic E-state index is 0.554. The van der Waals surface area contributed by atoms with Crippen LogP contribution in [0.4, 0.5) is 0 Å². The third-order valence-corrected chi connectivity index (χ3v) is 6.41. The molecule has 4 atom stereocenters. The van der Waals surface area contributed by atoms with Crippen LogP contribution in [0.15, 0.2) is 18.2 Å². The van der Waals surface area contributed by atoms with Crippen molar-refractivity contribution in [3.05, 3.63) is 29.3 Å². The molecule has 2 bridgehead atoms. The Hall–Kier alpha value is -0.500. The largest absolute Gasteiger partial charge is 0.493 e. The van der Waals surface area contributed by atoms with E-state index in [1.165, 1.54) is 36.8 Å². The molecule has 1 heterocycles. The Balaban J connectivity index is 1.59. The number of rotatable bonds is 2. The Morgan fingerprint density at radius 2 is 2.17 bits per heavy atom. The van der Waals surface area contributed by atoms with Gasteiger partial charge in [0.25, 0.3) is 0 Å². The molecule has 0 amide bonds. The number of hydrogen-bond donors (Lipinski definition) is 0. The molecule has 2 aliphatic carbocycles. The van der Waals surface area contributed by atoms with E-state index in [1.54, 1.807) is 0 Å². The fourth-order valence-corrected chi connectivity index (χ4v) is 5.21.